The van der Waals surface area contributed by atoms with Gasteiger partial charge in [0.1, 0.15) is 5.54 Å². The van der Waals surface area contributed by atoms with Crippen LogP contribution in [0.1, 0.15) is 38.7 Å². The number of hydrogen-bond acceptors (Lipinski definition) is 4. The number of urea groups is 1. The van der Waals surface area contributed by atoms with E-state index in [-0.39, 0.29) is 23.8 Å². The van der Waals surface area contributed by atoms with Crippen LogP contribution in [-0.2, 0) is 11.3 Å². The van der Waals surface area contributed by atoms with Crippen molar-refractivity contribution < 1.29 is 9.59 Å². The molecular formula is C20H29N3O2S. The fourth-order valence-corrected chi connectivity index (χ4v) is 4.82. The third-order valence-corrected chi connectivity index (χ3v) is 6.72. The SMILES string of the molecule is CSc1ccc(CN(C)CN2C(=O)NC3(C2=O)C(C)CCCC3C)cc1. The highest BCUT2D eigenvalue weighted by Gasteiger charge is 2.58. The van der Waals surface area contributed by atoms with Gasteiger partial charge in [0, 0.05) is 11.4 Å². The molecular weight excluding hydrogens is 346 g/mol. The summed E-state index contributed by atoms with van der Waals surface area (Å²) in [7, 11) is 1.95. The summed E-state index contributed by atoms with van der Waals surface area (Å²) >= 11 is 1.72. The lowest BCUT2D eigenvalue weighted by molar-refractivity contribution is -0.137. The van der Waals surface area contributed by atoms with Crippen LogP contribution in [-0.4, -0.2) is 47.2 Å². The van der Waals surface area contributed by atoms with Gasteiger partial charge in [-0.3, -0.25) is 9.69 Å². The van der Waals surface area contributed by atoms with Crippen LogP contribution in [0.2, 0.25) is 0 Å². The van der Waals surface area contributed by atoms with E-state index in [2.05, 4.69) is 49.7 Å². The molecule has 1 aliphatic carbocycles. The number of nitrogens with one attached hydrogen (secondary N) is 1. The third kappa shape index (κ3) is 3.37. The van der Waals surface area contributed by atoms with Gasteiger partial charge in [0.15, 0.2) is 0 Å². The van der Waals surface area contributed by atoms with Gasteiger partial charge < -0.3 is 5.32 Å². The topological polar surface area (TPSA) is 52.6 Å². The van der Waals surface area contributed by atoms with Crippen LogP contribution < -0.4 is 5.32 Å². The smallest absolute Gasteiger partial charge is 0.323 e. The molecule has 1 spiro atoms. The van der Waals surface area contributed by atoms with Gasteiger partial charge >= 0.3 is 6.03 Å². The summed E-state index contributed by atoms with van der Waals surface area (Å²) in [5.41, 5.74) is 0.461. The number of amides is 3. The Morgan fingerprint density at radius 1 is 1.19 bits per heavy atom. The van der Waals surface area contributed by atoms with Gasteiger partial charge in [0.25, 0.3) is 5.91 Å². The first-order valence-electron chi connectivity index (χ1n) is 9.34. The number of carbonyl (C=O) groups is 2. The highest BCUT2D eigenvalue weighted by Crippen LogP contribution is 2.42. The number of carbonyl (C=O) groups excluding carboxylic acids is 2. The maximum Gasteiger partial charge on any atom is 0.326 e. The number of hydrogen-bond donors (Lipinski definition) is 1. The molecule has 26 heavy (non-hydrogen) atoms. The van der Waals surface area contributed by atoms with Crippen molar-refractivity contribution in [1.29, 1.82) is 0 Å². The summed E-state index contributed by atoms with van der Waals surface area (Å²) in [4.78, 5) is 30.4. The zero-order chi connectivity index (χ0) is 18.9. The van der Waals surface area contributed by atoms with Gasteiger partial charge in [-0.1, -0.05) is 32.4 Å². The molecule has 1 aliphatic heterocycles. The first-order chi connectivity index (χ1) is 12.4. The maximum absolute atomic E-state index is 13.2. The molecule has 1 saturated heterocycles. The molecule has 1 aromatic rings. The Balaban J connectivity index is 1.69. The van der Waals surface area contributed by atoms with E-state index in [1.165, 1.54) is 15.4 Å². The monoisotopic (exact) mass is 375 g/mol. The third-order valence-electron chi connectivity index (χ3n) is 5.98. The standard InChI is InChI=1S/C20H29N3O2S/c1-14-6-5-7-15(2)20(14)18(24)23(19(25)21-20)13-22(3)12-16-8-10-17(26-4)11-9-16/h8-11,14-15H,5-7,12-13H2,1-4H3,(H,21,25). The van der Waals surface area contributed by atoms with Crippen LogP contribution in [0.25, 0.3) is 0 Å². The molecule has 6 heteroatoms. The van der Waals surface area contributed by atoms with Crippen molar-refractivity contribution in [3.63, 3.8) is 0 Å². The average molecular weight is 376 g/mol. The van der Waals surface area contributed by atoms with Gasteiger partial charge in [-0.2, -0.15) is 0 Å². The van der Waals surface area contributed by atoms with Gasteiger partial charge in [-0.15, -0.1) is 11.8 Å². The summed E-state index contributed by atoms with van der Waals surface area (Å²) in [6.07, 6.45) is 5.16. The lowest BCUT2D eigenvalue weighted by Crippen LogP contribution is -2.59. The van der Waals surface area contributed by atoms with Crippen molar-refractivity contribution in [2.24, 2.45) is 11.8 Å². The Labute approximate surface area is 160 Å². The summed E-state index contributed by atoms with van der Waals surface area (Å²) in [5, 5.41) is 3.06. The van der Waals surface area contributed by atoms with E-state index in [9.17, 15) is 9.59 Å². The van der Waals surface area contributed by atoms with E-state index in [1.807, 2.05) is 11.9 Å². The predicted molar refractivity (Wildman–Crippen MR) is 105 cm³/mol. The number of nitrogens with zero attached hydrogens (tertiary/aromatic N) is 2. The Kier molecular flexibility index (Phi) is 5.63. The van der Waals surface area contributed by atoms with Gasteiger partial charge in [0.05, 0.1) is 6.67 Å². The number of thioether (sulfide) groups is 1. The van der Waals surface area contributed by atoms with Crippen molar-refractivity contribution in [1.82, 2.24) is 15.1 Å². The van der Waals surface area contributed by atoms with Crippen LogP contribution in [0.4, 0.5) is 4.79 Å². The van der Waals surface area contributed by atoms with Crippen molar-refractivity contribution in [3.8, 4) is 0 Å². The predicted octanol–water partition coefficient (Wildman–Crippen LogP) is 3.54. The van der Waals surface area contributed by atoms with Crippen molar-refractivity contribution >= 4 is 23.7 Å². The van der Waals surface area contributed by atoms with Gasteiger partial charge in [-0.05, 0) is 55.7 Å². The summed E-state index contributed by atoms with van der Waals surface area (Å²) < 4.78 is 0. The quantitative estimate of drug-likeness (QED) is 0.632. The summed E-state index contributed by atoms with van der Waals surface area (Å²) in [6, 6.07) is 8.14. The number of benzene rings is 1. The molecule has 142 valence electrons. The minimum Gasteiger partial charge on any atom is -0.323 e. The van der Waals surface area contributed by atoms with E-state index in [0.29, 0.717) is 13.2 Å². The Hall–Kier alpha value is -1.53. The van der Waals surface area contributed by atoms with E-state index >= 15 is 0 Å². The van der Waals surface area contributed by atoms with Gasteiger partial charge in [0.2, 0.25) is 0 Å². The van der Waals surface area contributed by atoms with Crippen LogP contribution in [0.15, 0.2) is 29.2 Å². The number of imide groups is 1. The first kappa shape index (κ1) is 19.2. The first-order valence-corrected chi connectivity index (χ1v) is 10.6. The largest absolute Gasteiger partial charge is 0.326 e. The average Bonchev–Trinajstić information content (AvgIpc) is 2.86. The molecule has 0 bridgehead atoms. The molecule has 0 radical (unpaired) electrons. The van der Waals surface area contributed by atoms with Crippen LogP contribution >= 0.6 is 11.8 Å². The fraction of sp³-hybridized carbons (Fsp3) is 0.600. The molecule has 5 nitrogen and oxygen atoms in total. The van der Waals surface area contributed by atoms with Gasteiger partial charge in [-0.25, -0.2) is 9.69 Å². The lowest BCUT2D eigenvalue weighted by Gasteiger charge is -2.42. The minimum absolute atomic E-state index is 0.0493. The van der Waals surface area contributed by atoms with Crippen LogP contribution in [0.3, 0.4) is 0 Å². The second kappa shape index (κ2) is 7.61. The maximum atomic E-state index is 13.2. The lowest BCUT2D eigenvalue weighted by atomic mass is 9.67. The van der Waals surface area contributed by atoms with Crippen LogP contribution in [0, 0.1) is 11.8 Å². The van der Waals surface area contributed by atoms with E-state index in [1.54, 1.807) is 11.8 Å². The molecule has 3 amide bonds. The van der Waals surface area contributed by atoms with Crippen LogP contribution in [0.5, 0.6) is 0 Å². The second-order valence-electron chi connectivity index (χ2n) is 7.77. The van der Waals surface area contributed by atoms with Crippen molar-refractivity contribution in [3.05, 3.63) is 29.8 Å². The molecule has 2 fully saturated rings. The molecule has 2 unspecified atom stereocenters. The van der Waals surface area contributed by atoms with E-state index < -0.39 is 5.54 Å². The Morgan fingerprint density at radius 2 is 1.81 bits per heavy atom. The van der Waals surface area contributed by atoms with E-state index in [4.69, 9.17) is 0 Å². The Bertz CT molecular complexity index is 666. The zero-order valence-corrected chi connectivity index (χ0v) is 16.9. The Morgan fingerprint density at radius 3 is 2.38 bits per heavy atom. The molecule has 3 rings (SSSR count). The molecule has 1 N–H and O–H groups in total. The normalized spacial score (nSPS) is 28.9. The number of rotatable bonds is 5. The summed E-state index contributed by atoms with van der Waals surface area (Å²) in [6.45, 7) is 5.20. The van der Waals surface area contributed by atoms with Crippen molar-refractivity contribution in [2.75, 3.05) is 20.0 Å². The second-order valence-corrected chi connectivity index (χ2v) is 8.65. The molecule has 0 aromatic heterocycles. The highest BCUT2D eigenvalue weighted by molar-refractivity contribution is 7.98. The molecule has 1 heterocycles. The molecule has 2 aliphatic rings. The highest BCUT2D eigenvalue weighted by atomic mass is 32.2. The molecule has 2 atom stereocenters. The van der Waals surface area contributed by atoms with Crippen molar-refractivity contribution in [2.45, 2.75) is 50.1 Å². The fourth-order valence-electron chi connectivity index (χ4n) is 4.42. The summed E-state index contributed by atoms with van der Waals surface area (Å²) in [5.74, 6) is 0.306. The van der Waals surface area contributed by atoms with E-state index in [0.717, 1.165) is 19.3 Å². The molecule has 1 saturated carbocycles. The minimum atomic E-state index is -0.712. The molecule has 1 aromatic carbocycles. The zero-order valence-electron chi connectivity index (χ0n) is 16.1.